The van der Waals surface area contributed by atoms with E-state index in [1.807, 2.05) is 4.57 Å². The van der Waals surface area contributed by atoms with E-state index in [-0.39, 0.29) is 0 Å². The van der Waals surface area contributed by atoms with Crippen LogP contribution in [0.1, 0.15) is 29.7 Å². The zero-order valence-electron chi connectivity index (χ0n) is 17.5. The number of nitrogens with two attached hydrogens (primary N) is 1. The SMILES string of the molecule is Cc1cccc2cc(Cn3cnc4c(N)ncnc43)c(CC3CCN(C)CC3)nc12. The Labute approximate surface area is 176 Å². The van der Waals surface area contributed by atoms with Gasteiger partial charge in [0.05, 0.1) is 18.4 Å². The highest BCUT2D eigenvalue weighted by molar-refractivity contribution is 5.83. The Balaban J connectivity index is 1.55. The number of hydrogen-bond acceptors (Lipinski definition) is 6. The fourth-order valence-corrected chi connectivity index (χ4v) is 4.48. The second-order valence-electron chi connectivity index (χ2n) is 8.50. The quantitative estimate of drug-likeness (QED) is 0.565. The van der Waals surface area contributed by atoms with Crippen LogP contribution in [0.25, 0.3) is 22.1 Å². The fraction of sp³-hybridized carbons (Fsp3) is 0.391. The van der Waals surface area contributed by atoms with Gasteiger partial charge in [-0.25, -0.2) is 15.0 Å². The second kappa shape index (κ2) is 7.65. The van der Waals surface area contributed by atoms with E-state index in [0.29, 0.717) is 23.8 Å². The predicted molar refractivity (Wildman–Crippen MR) is 119 cm³/mol. The van der Waals surface area contributed by atoms with Crippen LogP contribution in [0.2, 0.25) is 0 Å². The molecule has 0 amide bonds. The van der Waals surface area contributed by atoms with Crippen molar-refractivity contribution >= 4 is 27.9 Å². The molecule has 0 spiro atoms. The van der Waals surface area contributed by atoms with Crippen LogP contribution in [0.4, 0.5) is 5.82 Å². The molecule has 7 heteroatoms. The highest BCUT2D eigenvalue weighted by Crippen LogP contribution is 2.27. The number of benzene rings is 1. The Hall–Kier alpha value is -3.06. The number of aryl methyl sites for hydroxylation is 1. The van der Waals surface area contributed by atoms with Crippen molar-refractivity contribution in [3.8, 4) is 0 Å². The Morgan fingerprint density at radius 1 is 1.10 bits per heavy atom. The van der Waals surface area contributed by atoms with Crippen LogP contribution in [-0.2, 0) is 13.0 Å². The lowest BCUT2D eigenvalue weighted by Crippen LogP contribution is -2.31. The minimum absolute atomic E-state index is 0.414. The van der Waals surface area contributed by atoms with Gasteiger partial charge in [0.1, 0.15) is 11.8 Å². The Bertz CT molecular complexity index is 1210. The van der Waals surface area contributed by atoms with Crippen molar-refractivity contribution in [1.29, 1.82) is 0 Å². The normalized spacial score (nSPS) is 15.9. The van der Waals surface area contributed by atoms with Crippen LogP contribution >= 0.6 is 0 Å². The highest BCUT2D eigenvalue weighted by Gasteiger charge is 2.20. The summed E-state index contributed by atoms with van der Waals surface area (Å²) in [5.74, 6) is 1.09. The summed E-state index contributed by atoms with van der Waals surface area (Å²) in [5, 5.41) is 1.18. The van der Waals surface area contributed by atoms with Gasteiger partial charge in [-0.15, -0.1) is 0 Å². The van der Waals surface area contributed by atoms with Crippen molar-refractivity contribution < 1.29 is 0 Å². The van der Waals surface area contributed by atoms with Crippen LogP contribution in [-0.4, -0.2) is 49.5 Å². The molecule has 3 aromatic heterocycles. The van der Waals surface area contributed by atoms with Crippen LogP contribution in [0, 0.1) is 12.8 Å². The number of aromatic nitrogens is 5. The molecular formula is C23H27N7. The number of fused-ring (bicyclic) bond motifs is 2. The molecule has 1 aliphatic rings. The van der Waals surface area contributed by atoms with E-state index >= 15 is 0 Å². The van der Waals surface area contributed by atoms with Gasteiger partial charge in [0, 0.05) is 11.1 Å². The van der Waals surface area contributed by atoms with E-state index in [2.05, 4.69) is 58.1 Å². The number of nitrogens with zero attached hydrogens (tertiary/aromatic N) is 6. The minimum atomic E-state index is 0.414. The maximum atomic E-state index is 5.98. The zero-order chi connectivity index (χ0) is 20.7. The first-order chi connectivity index (χ1) is 14.6. The second-order valence-corrected chi connectivity index (χ2v) is 8.50. The molecule has 1 aliphatic heterocycles. The summed E-state index contributed by atoms with van der Waals surface area (Å²) in [5.41, 5.74) is 12.1. The predicted octanol–water partition coefficient (Wildman–Crippen LogP) is 3.20. The van der Waals surface area contributed by atoms with E-state index in [1.165, 1.54) is 41.4 Å². The largest absolute Gasteiger partial charge is 0.382 e. The average Bonchev–Trinajstić information content (AvgIpc) is 3.15. The Morgan fingerprint density at radius 3 is 2.77 bits per heavy atom. The molecule has 0 aliphatic carbocycles. The molecule has 0 unspecified atom stereocenters. The van der Waals surface area contributed by atoms with Crippen molar-refractivity contribution in [3.63, 3.8) is 0 Å². The van der Waals surface area contributed by atoms with Crippen LogP contribution in [0.5, 0.6) is 0 Å². The molecule has 7 nitrogen and oxygen atoms in total. The lowest BCUT2D eigenvalue weighted by atomic mass is 9.90. The number of anilines is 1. The summed E-state index contributed by atoms with van der Waals surface area (Å²) in [4.78, 5) is 20.5. The van der Waals surface area contributed by atoms with Crippen molar-refractivity contribution in [2.24, 2.45) is 5.92 Å². The first kappa shape index (κ1) is 18.9. The third-order valence-corrected chi connectivity index (χ3v) is 6.31. The van der Waals surface area contributed by atoms with Gasteiger partial charge in [-0.2, -0.15) is 0 Å². The van der Waals surface area contributed by atoms with Gasteiger partial charge in [-0.05, 0) is 69.4 Å². The van der Waals surface area contributed by atoms with E-state index in [1.54, 1.807) is 6.33 Å². The van der Waals surface area contributed by atoms with Gasteiger partial charge in [-0.3, -0.25) is 4.98 Å². The van der Waals surface area contributed by atoms with E-state index in [0.717, 1.165) is 30.7 Å². The number of para-hydroxylation sites is 1. The van der Waals surface area contributed by atoms with Crippen molar-refractivity contribution in [1.82, 2.24) is 29.4 Å². The van der Waals surface area contributed by atoms with Crippen molar-refractivity contribution in [2.45, 2.75) is 32.7 Å². The Morgan fingerprint density at radius 2 is 1.93 bits per heavy atom. The molecule has 154 valence electrons. The van der Waals surface area contributed by atoms with Crippen molar-refractivity contribution in [2.75, 3.05) is 25.9 Å². The number of likely N-dealkylation sites (tertiary alicyclic amines) is 1. The van der Waals surface area contributed by atoms with Gasteiger partial charge in [0.2, 0.25) is 0 Å². The molecule has 1 fully saturated rings. The fourth-order valence-electron chi connectivity index (χ4n) is 4.48. The monoisotopic (exact) mass is 401 g/mol. The standard InChI is InChI=1S/C23H27N7/c1-15-4-3-5-17-11-18(12-30-14-27-21-22(24)25-13-26-23(21)30)19(28-20(15)17)10-16-6-8-29(2)9-7-16/h3-5,11,13-14,16H,6-10,12H2,1-2H3,(H2,24,25,26). The topological polar surface area (TPSA) is 85.8 Å². The number of pyridine rings is 1. The van der Waals surface area contributed by atoms with E-state index < -0.39 is 0 Å². The van der Waals surface area contributed by atoms with Gasteiger partial charge < -0.3 is 15.2 Å². The summed E-state index contributed by atoms with van der Waals surface area (Å²) in [6.45, 7) is 5.13. The first-order valence-corrected chi connectivity index (χ1v) is 10.6. The zero-order valence-corrected chi connectivity index (χ0v) is 17.5. The van der Waals surface area contributed by atoms with Gasteiger partial charge in [0.25, 0.3) is 0 Å². The molecule has 0 atom stereocenters. The first-order valence-electron chi connectivity index (χ1n) is 10.6. The highest BCUT2D eigenvalue weighted by atomic mass is 15.1. The Kier molecular flexibility index (Phi) is 4.83. The third kappa shape index (κ3) is 3.50. The third-order valence-electron chi connectivity index (χ3n) is 6.31. The molecule has 5 rings (SSSR count). The van der Waals surface area contributed by atoms with Crippen LogP contribution in [0.15, 0.2) is 36.9 Å². The van der Waals surface area contributed by atoms with Crippen LogP contribution < -0.4 is 5.73 Å². The summed E-state index contributed by atoms with van der Waals surface area (Å²) in [6.07, 6.45) is 6.76. The summed E-state index contributed by atoms with van der Waals surface area (Å²) in [7, 11) is 2.21. The molecule has 1 aromatic carbocycles. The van der Waals surface area contributed by atoms with Crippen LogP contribution in [0.3, 0.4) is 0 Å². The molecule has 0 saturated carbocycles. The number of hydrogen-bond donors (Lipinski definition) is 1. The van der Waals surface area contributed by atoms with Crippen molar-refractivity contribution in [3.05, 3.63) is 53.7 Å². The molecule has 0 radical (unpaired) electrons. The number of imidazole rings is 1. The smallest absolute Gasteiger partial charge is 0.165 e. The molecule has 0 bridgehead atoms. The van der Waals surface area contributed by atoms with Gasteiger partial charge in [-0.1, -0.05) is 18.2 Å². The molecule has 4 aromatic rings. The summed E-state index contributed by atoms with van der Waals surface area (Å²) >= 11 is 0. The van der Waals surface area contributed by atoms with E-state index in [4.69, 9.17) is 10.7 Å². The molecule has 2 N–H and O–H groups in total. The number of piperidine rings is 1. The number of rotatable bonds is 4. The molecular weight excluding hydrogens is 374 g/mol. The van der Waals surface area contributed by atoms with E-state index in [9.17, 15) is 0 Å². The van der Waals surface area contributed by atoms with Gasteiger partial charge >= 0.3 is 0 Å². The lowest BCUT2D eigenvalue weighted by Gasteiger charge is -2.29. The van der Waals surface area contributed by atoms with Gasteiger partial charge in [0.15, 0.2) is 11.5 Å². The minimum Gasteiger partial charge on any atom is -0.382 e. The summed E-state index contributed by atoms with van der Waals surface area (Å²) < 4.78 is 2.05. The maximum absolute atomic E-state index is 5.98. The number of nitrogen functional groups attached to an aromatic ring is 1. The maximum Gasteiger partial charge on any atom is 0.165 e. The average molecular weight is 402 g/mol. The lowest BCUT2D eigenvalue weighted by molar-refractivity contribution is 0.218. The molecule has 4 heterocycles. The molecule has 30 heavy (non-hydrogen) atoms. The molecule has 1 saturated heterocycles. The summed E-state index contributed by atoms with van der Waals surface area (Å²) in [6, 6.07) is 8.66.